The second kappa shape index (κ2) is 9.86. The average molecular weight is 431 g/mol. The van der Waals surface area contributed by atoms with Gasteiger partial charge in [0.2, 0.25) is 15.9 Å². The molecule has 1 saturated heterocycles. The Morgan fingerprint density at radius 2 is 1.63 bits per heavy atom. The van der Waals surface area contributed by atoms with Crippen molar-refractivity contribution in [3.8, 4) is 0 Å². The van der Waals surface area contributed by atoms with Crippen LogP contribution in [0.1, 0.15) is 42.1 Å². The third-order valence-corrected chi connectivity index (χ3v) is 6.86. The number of hydrogen-bond acceptors (Lipinski definition) is 5. The first kappa shape index (κ1) is 22.0. The smallest absolute Gasteiger partial charge is 0.338 e. The van der Waals surface area contributed by atoms with E-state index in [4.69, 9.17) is 4.74 Å². The van der Waals surface area contributed by atoms with Gasteiger partial charge in [0.15, 0.2) is 0 Å². The van der Waals surface area contributed by atoms with E-state index in [1.54, 1.807) is 55.5 Å². The van der Waals surface area contributed by atoms with Gasteiger partial charge in [-0.05, 0) is 68.1 Å². The summed E-state index contributed by atoms with van der Waals surface area (Å²) in [5, 5.41) is 2.79. The SMILES string of the molecule is CCOC(=O)c1ccc(NC(=O)CCc2ccc(S(=O)(=O)N3CCCC3)cc2)cc1. The zero-order valence-electron chi connectivity index (χ0n) is 17.0. The summed E-state index contributed by atoms with van der Waals surface area (Å²) < 4.78 is 31.5. The molecule has 2 aromatic carbocycles. The van der Waals surface area contributed by atoms with Gasteiger partial charge in [-0.15, -0.1) is 0 Å². The number of amides is 1. The van der Waals surface area contributed by atoms with Crippen molar-refractivity contribution in [2.45, 2.75) is 37.5 Å². The number of esters is 1. The zero-order valence-corrected chi connectivity index (χ0v) is 17.8. The van der Waals surface area contributed by atoms with E-state index in [2.05, 4.69) is 5.32 Å². The van der Waals surface area contributed by atoms with Crippen molar-refractivity contribution in [2.75, 3.05) is 25.0 Å². The van der Waals surface area contributed by atoms with Gasteiger partial charge < -0.3 is 10.1 Å². The van der Waals surface area contributed by atoms with Gasteiger partial charge in [-0.25, -0.2) is 13.2 Å². The minimum Gasteiger partial charge on any atom is -0.462 e. The summed E-state index contributed by atoms with van der Waals surface area (Å²) in [6.45, 7) is 3.20. The molecule has 0 unspecified atom stereocenters. The molecule has 160 valence electrons. The standard InChI is InChI=1S/C22H26N2O5S/c1-2-29-22(26)18-8-10-19(11-9-18)23-21(25)14-7-17-5-12-20(13-6-17)30(27,28)24-15-3-4-16-24/h5-6,8-13H,2-4,7,14-16H2,1H3,(H,23,25). The first-order chi connectivity index (χ1) is 14.4. The topological polar surface area (TPSA) is 92.8 Å². The lowest BCUT2D eigenvalue weighted by molar-refractivity contribution is -0.116. The predicted molar refractivity (Wildman–Crippen MR) is 114 cm³/mol. The van der Waals surface area contributed by atoms with Crippen LogP contribution in [-0.2, 0) is 26.0 Å². The summed E-state index contributed by atoms with van der Waals surface area (Å²) in [5.41, 5.74) is 1.92. The second-order valence-corrected chi connectivity index (χ2v) is 9.04. The van der Waals surface area contributed by atoms with E-state index in [0.717, 1.165) is 18.4 Å². The van der Waals surface area contributed by atoms with Crippen molar-refractivity contribution < 1.29 is 22.7 Å². The van der Waals surface area contributed by atoms with Crippen molar-refractivity contribution in [1.29, 1.82) is 0 Å². The fourth-order valence-electron chi connectivity index (χ4n) is 3.29. The van der Waals surface area contributed by atoms with Crippen molar-refractivity contribution in [3.05, 3.63) is 59.7 Å². The maximum atomic E-state index is 12.6. The number of nitrogens with one attached hydrogen (secondary N) is 1. The molecule has 0 saturated carbocycles. The van der Waals surface area contributed by atoms with Crippen LogP contribution in [0, 0.1) is 0 Å². The predicted octanol–water partition coefficient (Wildman–Crippen LogP) is 3.22. The Morgan fingerprint density at radius 3 is 2.23 bits per heavy atom. The lowest BCUT2D eigenvalue weighted by Crippen LogP contribution is -2.27. The lowest BCUT2D eigenvalue weighted by Gasteiger charge is -2.15. The van der Waals surface area contributed by atoms with Crippen LogP contribution in [0.4, 0.5) is 5.69 Å². The Kier molecular flexibility index (Phi) is 7.23. The van der Waals surface area contributed by atoms with Crippen LogP contribution in [0.3, 0.4) is 0 Å². The number of aryl methyl sites for hydroxylation is 1. The fraction of sp³-hybridized carbons (Fsp3) is 0.364. The quantitative estimate of drug-likeness (QED) is 0.649. The highest BCUT2D eigenvalue weighted by Crippen LogP contribution is 2.21. The van der Waals surface area contributed by atoms with Gasteiger partial charge >= 0.3 is 5.97 Å². The van der Waals surface area contributed by atoms with Crippen LogP contribution in [0.2, 0.25) is 0 Å². The van der Waals surface area contributed by atoms with Crippen LogP contribution in [-0.4, -0.2) is 44.3 Å². The van der Waals surface area contributed by atoms with Crippen LogP contribution < -0.4 is 5.32 Å². The molecule has 1 N–H and O–H groups in total. The van der Waals surface area contributed by atoms with E-state index in [1.807, 2.05) is 0 Å². The Balaban J connectivity index is 1.51. The molecule has 1 aliphatic rings. The molecule has 8 heteroatoms. The maximum absolute atomic E-state index is 12.6. The van der Waals surface area contributed by atoms with Gasteiger partial charge in [-0.1, -0.05) is 12.1 Å². The molecule has 7 nitrogen and oxygen atoms in total. The number of benzene rings is 2. The number of ether oxygens (including phenoxy) is 1. The molecular weight excluding hydrogens is 404 g/mol. The molecule has 0 radical (unpaired) electrons. The van der Waals surface area contributed by atoms with Gasteiger partial charge in [-0.2, -0.15) is 4.31 Å². The molecule has 0 aliphatic carbocycles. The van der Waals surface area contributed by atoms with Crippen molar-refractivity contribution in [3.63, 3.8) is 0 Å². The Hall–Kier alpha value is -2.71. The Labute approximate surface area is 177 Å². The minimum absolute atomic E-state index is 0.160. The summed E-state index contributed by atoms with van der Waals surface area (Å²) in [6.07, 6.45) is 2.56. The maximum Gasteiger partial charge on any atom is 0.338 e. The molecule has 3 rings (SSSR count). The fourth-order valence-corrected chi connectivity index (χ4v) is 4.81. The third-order valence-electron chi connectivity index (χ3n) is 4.95. The highest BCUT2D eigenvalue weighted by molar-refractivity contribution is 7.89. The largest absolute Gasteiger partial charge is 0.462 e. The molecule has 0 atom stereocenters. The molecule has 30 heavy (non-hydrogen) atoms. The molecule has 0 bridgehead atoms. The van der Waals surface area contributed by atoms with Gasteiger partial charge in [-0.3, -0.25) is 4.79 Å². The number of rotatable bonds is 8. The summed E-state index contributed by atoms with van der Waals surface area (Å²) in [6, 6.07) is 13.2. The summed E-state index contributed by atoms with van der Waals surface area (Å²) >= 11 is 0. The first-order valence-electron chi connectivity index (χ1n) is 10.1. The number of carbonyl (C=O) groups excluding carboxylic acids is 2. The molecular formula is C22H26N2O5S. The van der Waals surface area contributed by atoms with Crippen LogP contribution in [0.25, 0.3) is 0 Å². The third kappa shape index (κ3) is 5.46. The molecule has 0 spiro atoms. The number of hydrogen-bond donors (Lipinski definition) is 1. The van der Waals surface area contributed by atoms with E-state index in [0.29, 0.717) is 42.3 Å². The van der Waals surface area contributed by atoms with Gasteiger partial charge in [0.25, 0.3) is 0 Å². The first-order valence-corrected chi connectivity index (χ1v) is 11.5. The Morgan fingerprint density at radius 1 is 1.00 bits per heavy atom. The minimum atomic E-state index is -3.42. The van der Waals surface area contributed by atoms with Crippen LogP contribution in [0.5, 0.6) is 0 Å². The van der Waals surface area contributed by atoms with Gasteiger partial charge in [0.1, 0.15) is 0 Å². The van der Waals surface area contributed by atoms with E-state index >= 15 is 0 Å². The van der Waals surface area contributed by atoms with E-state index in [-0.39, 0.29) is 12.3 Å². The van der Waals surface area contributed by atoms with Crippen molar-refractivity contribution >= 4 is 27.6 Å². The highest BCUT2D eigenvalue weighted by Gasteiger charge is 2.26. The highest BCUT2D eigenvalue weighted by atomic mass is 32.2. The number of anilines is 1. The number of nitrogens with zero attached hydrogens (tertiary/aromatic N) is 1. The average Bonchev–Trinajstić information content (AvgIpc) is 3.29. The molecule has 1 amide bonds. The zero-order chi connectivity index (χ0) is 21.6. The molecule has 1 fully saturated rings. The van der Waals surface area contributed by atoms with Gasteiger partial charge in [0, 0.05) is 25.2 Å². The van der Waals surface area contributed by atoms with E-state index in [1.165, 1.54) is 4.31 Å². The monoisotopic (exact) mass is 430 g/mol. The summed E-state index contributed by atoms with van der Waals surface area (Å²) in [5.74, 6) is -0.557. The summed E-state index contributed by atoms with van der Waals surface area (Å²) in [7, 11) is -3.42. The lowest BCUT2D eigenvalue weighted by atomic mass is 10.1. The second-order valence-electron chi connectivity index (χ2n) is 7.10. The molecule has 0 aromatic heterocycles. The normalized spacial score (nSPS) is 14.4. The van der Waals surface area contributed by atoms with E-state index < -0.39 is 16.0 Å². The van der Waals surface area contributed by atoms with Gasteiger partial charge in [0.05, 0.1) is 17.1 Å². The Bertz CT molecular complexity index is 979. The summed E-state index contributed by atoms with van der Waals surface area (Å²) in [4.78, 5) is 24.1. The van der Waals surface area contributed by atoms with E-state index in [9.17, 15) is 18.0 Å². The molecule has 1 aliphatic heterocycles. The number of carbonyl (C=O) groups is 2. The van der Waals surface area contributed by atoms with Crippen LogP contribution >= 0.6 is 0 Å². The van der Waals surface area contributed by atoms with Crippen molar-refractivity contribution in [1.82, 2.24) is 4.31 Å². The molecule has 1 heterocycles. The number of sulfonamides is 1. The van der Waals surface area contributed by atoms with Crippen molar-refractivity contribution in [2.24, 2.45) is 0 Å². The van der Waals surface area contributed by atoms with Crippen LogP contribution in [0.15, 0.2) is 53.4 Å². The molecule has 2 aromatic rings.